The van der Waals surface area contributed by atoms with Crippen LogP contribution in [0.15, 0.2) is 0 Å². The van der Waals surface area contributed by atoms with Crippen LogP contribution in [0.1, 0.15) is 32.6 Å². The highest BCUT2D eigenvalue weighted by Crippen LogP contribution is 2.25. The van der Waals surface area contributed by atoms with Crippen molar-refractivity contribution >= 4 is 0 Å². The lowest BCUT2D eigenvalue weighted by atomic mass is 9.82. The Balaban J connectivity index is 1.81. The van der Waals surface area contributed by atoms with Gasteiger partial charge in [0.05, 0.1) is 0 Å². The van der Waals surface area contributed by atoms with Gasteiger partial charge in [-0.3, -0.25) is 0 Å². The Bertz CT molecular complexity index is 99.7. The molecule has 0 aromatic rings. The second-order valence-electron chi connectivity index (χ2n) is 3.66. The smallest absolute Gasteiger partial charge is 0.0431 e. The molecule has 0 bridgehead atoms. The largest absolute Gasteiger partial charge is 0.396 e. The fourth-order valence-corrected chi connectivity index (χ4v) is 1.61. The Morgan fingerprint density at radius 3 is 2.64 bits per heavy atom. The summed E-state index contributed by atoms with van der Waals surface area (Å²) in [6, 6.07) is 0.781. The molecule has 1 aliphatic carbocycles. The number of aliphatic hydroxyl groups is 1. The summed E-state index contributed by atoms with van der Waals surface area (Å²) in [6.07, 6.45) is 4.74. The standard InChI is InChI=1S/C9H19NO/c1-8-6-9(7-8)10-4-2-3-5-11/h8-11H,2-7H2,1H3. The first kappa shape index (κ1) is 9.01. The van der Waals surface area contributed by atoms with Crippen LogP contribution in [0.5, 0.6) is 0 Å². The molecule has 0 unspecified atom stereocenters. The molecule has 0 aromatic carbocycles. The van der Waals surface area contributed by atoms with Gasteiger partial charge in [-0.05, 0) is 38.1 Å². The molecule has 66 valence electrons. The lowest BCUT2D eigenvalue weighted by Crippen LogP contribution is -2.40. The van der Waals surface area contributed by atoms with E-state index in [-0.39, 0.29) is 0 Å². The van der Waals surface area contributed by atoms with Crippen molar-refractivity contribution in [3.8, 4) is 0 Å². The lowest BCUT2D eigenvalue weighted by molar-refractivity contribution is 0.235. The molecule has 0 amide bonds. The molecular weight excluding hydrogens is 138 g/mol. The predicted molar refractivity (Wildman–Crippen MR) is 46.5 cm³/mol. The van der Waals surface area contributed by atoms with E-state index in [1.165, 1.54) is 12.8 Å². The van der Waals surface area contributed by atoms with Crippen molar-refractivity contribution in [2.24, 2.45) is 5.92 Å². The molecule has 0 heterocycles. The molecule has 2 nitrogen and oxygen atoms in total. The SMILES string of the molecule is CC1CC(NCCCCO)C1. The fourth-order valence-electron chi connectivity index (χ4n) is 1.61. The van der Waals surface area contributed by atoms with Gasteiger partial charge in [0.25, 0.3) is 0 Å². The third-order valence-electron chi connectivity index (χ3n) is 2.39. The first-order valence-electron chi connectivity index (χ1n) is 4.67. The van der Waals surface area contributed by atoms with Crippen LogP contribution in [0.2, 0.25) is 0 Å². The van der Waals surface area contributed by atoms with Gasteiger partial charge in [0.15, 0.2) is 0 Å². The summed E-state index contributed by atoms with van der Waals surface area (Å²) in [6.45, 7) is 3.71. The van der Waals surface area contributed by atoms with Crippen LogP contribution in [0.3, 0.4) is 0 Å². The number of unbranched alkanes of at least 4 members (excludes halogenated alkanes) is 1. The molecular formula is C9H19NO. The molecule has 0 spiro atoms. The summed E-state index contributed by atoms with van der Waals surface area (Å²) in [5.74, 6) is 0.936. The van der Waals surface area contributed by atoms with Crippen LogP contribution >= 0.6 is 0 Å². The van der Waals surface area contributed by atoms with Gasteiger partial charge in [0, 0.05) is 12.6 Å². The van der Waals surface area contributed by atoms with E-state index in [0.717, 1.165) is 31.3 Å². The van der Waals surface area contributed by atoms with E-state index in [1.54, 1.807) is 0 Å². The normalized spacial score (nSPS) is 30.0. The molecule has 0 saturated heterocycles. The maximum atomic E-state index is 8.52. The molecule has 1 saturated carbocycles. The zero-order chi connectivity index (χ0) is 8.10. The summed E-state index contributed by atoms with van der Waals surface area (Å²) < 4.78 is 0. The number of rotatable bonds is 5. The van der Waals surface area contributed by atoms with Crippen molar-refractivity contribution in [3.05, 3.63) is 0 Å². The number of nitrogens with one attached hydrogen (secondary N) is 1. The Labute approximate surface area is 69.0 Å². The molecule has 0 radical (unpaired) electrons. The first-order chi connectivity index (χ1) is 5.33. The topological polar surface area (TPSA) is 32.3 Å². The highest BCUT2D eigenvalue weighted by atomic mass is 16.2. The maximum Gasteiger partial charge on any atom is 0.0431 e. The summed E-state index contributed by atoms with van der Waals surface area (Å²) in [7, 11) is 0. The second kappa shape index (κ2) is 4.73. The molecule has 11 heavy (non-hydrogen) atoms. The van der Waals surface area contributed by atoms with Crippen LogP contribution in [-0.2, 0) is 0 Å². The van der Waals surface area contributed by atoms with Gasteiger partial charge < -0.3 is 10.4 Å². The van der Waals surface area contributed by atoms with Crippen molar-refractivity contribution in [2.45, 2.75) is 38.6 Å². The van der Waals surface area contributed by atoms with Crippen LogP contribution in [-0.4, -0.2) is 24.3 Å². The third kappa shape index (κ3) is 3.21. The van der Waals surface area contributed by atoms with Crippen LogP contribution < -0.4 is 5.32 Å². The van der Waals surface area contributed by atoms with Crippen LogP contribution in [0.25, 0.3) is 0 Å². The van der Waals surface area contributed by atoms with Crippen molar-refractivity contribution < 1.29 is 5.11 Å². The van der Waals surface area contributed by atoms with E-state index in [2.05, 4.69) is 12.2 Å². The Morgan fingerprint density at radius 2 is 2.09 bits per heavy atom. The minimum absolute atomic E-state index is 0.336. The van der Waals surface area contributed by atoms with Crippen molar-refractivity contribution in [1.82, 2.24) is 5.32 Å². The highest BCUT2D eigenvalue weighted by molar-refractivity contribution is 4.81. The van der Waals surface area contributed by atoms with Gasteiger partial charge in [-0.2, -0.15) is 0 Å². The predicted octanol–water partition coefficient (Wildman–Crippen LogP) is 1.15. The maximum absolute atomic E-state index is 8.52. The summed E-state index contributed by atoms with van der Waals surface area (Å²) >= 11 is 0. The van der Waals surface area contributed by atoms with Gasteiger partial charge in [-0.15, -0.1) is 0 Å². The van der Waals surface area contributed by atoms with Crippen molar-refractivity contribution in [1.29, 1.82) is 0 Å². The van der Waals surface area contributed by atoms with Crippen LogP contribution in [0, 0.1) is 5.92 Å². The van der Waals surface area contributed by atoms with E-state index in [1.807, 2.05) is 0 Å². The molecule has 0 aliphatic heterocycles. The zero-order valence-electron chi connectivity index (χ0n) is 7.34. The fraction of sp³-hybridized carbons (Fsp3) is 1.00. The molecule has 2 N–H and O–H groups in total. The van der Waals surface area contributed by atoms with E-state index >= 15 is 0 Å². The minimum atomic E-state index is 0.336. The molecule has 1 rings (SSSR count). The minimum Gasteiger partial charge on any atom is -0.396 e. The van der Waals surface area contributed by atoms with E-state index in [0.29, 0.717) is 6.61 Å². The Morgan fingerprint density at radius 1 is 1.36 bits per heavy atom. The lowest BCUT2D eigenvalue weighted by Gasteiger charge is -2.33. The van der Waals surface area contributed by atoms with Gasteiger partial charge in [-0.25, -0.2) is 0 Å². The molecule has 0 atom stereocenters. The van der Waals surface area contributed by atoms with Crippen molar-refractivity contribution in [2.75, 3.05) is 13.2 Å². The zero-order valence-corrected chi connectivity index (χ0v) is 7.34. The monoisotopic (exact) mass is 157 g/mol. The first-order valence-corrected chi connectivity index (χ1v) is 4.67. The van der Waals surface area contributed by atoms with E-state index < -0.39 is 0 Å². The van der Waals surface area contributed by atoms with E-state index in [4.69, 9.17) is 5.11 Å². The van der Waals surface area contributed by atoms with Crippen LogP contribution in [0.4, 0.5) is 0 Å². The average molecular weight is 157 g/mol. The number of aliphatic hydroxyl groups excluding tert-OH is 1. The second-order valence-corrected chi connectivity index (χ2v) is 3.66. The molecule has 1 aliphatic rings. The Kier molecular flexibility index (Phi) is 3.87. The molecule has 2 heteroatoms. The number of hydrogen-bond acceptors (Lipinski definition) is 2. The highest BCUT2D eigenvalue weighted by Gasteiger charge is 2.23. The van der Waals surface area contributed by atoms with Gasteiger partial charge >= 0.3 is 0 Å². The summed E-state index contributed by atoms with van der Waals surface area (Å²) in [5.41, 5.74) is 0. The summed E-state index contributed by atoms with van der Waals surface area (Å²) in [4.78, 5) is 0. The molecule has 0 aromatic heterocycles. The summed E-state index contributed by atoms with van der Waals surface area (Å²) in [5, 5.41) is 12.0. The number of hydrogen-bond donors (Lipinski definition) is 2. The van der Waals surface area contributed by atoms with Gasteiger partial charge in [-0.1, -0.05) is 6.92 Å². The average Bonchev–Trinajstić information content (AvgIpc) is 1.94. The Hall–Kier alpha value is -0.0800. The van der Waals surface area contributed by atoms with E-state index in [9.17, 15) is 0 Å². The molecule has 1 fully saturated rings. The van der Waals surface area contributed by atoms with Gasteiger partial charge in [0.2, 0.25) is 0 Å². The van der Waals surface area contributed by atoms with Crippen molar-refractivity contribution in [3.63, 3.8) is 0 Å². The third-order valence-corrected chi connectivity index (χ3v) is 2.39. The van der Waals surface area contributed by atoms with Gasteiger partial charge in [0.1, 0.15) is 0 Å². The quantitative estimate of drug-likeness (QED) is 0.587.